The average molecular weight is 324 g/mol. The van der Waals surface area contributed by atoms with Gasteiger partial charge in [0.1, 0.15) is 0 Å². The Morgan fingerprint density at radius 2 is 1.89 bits per heavy atom. The van der Waals surface area contributed by atoms with Crippen LogP contribution in [0.15, 0.2) is 30.5 Å². The summed E-state index contributed by atoms with van der Waals surface area (Å²) in [4.78, 5) is 4.25. The summed E-state index contributed by atoms with van der Waals surface area (Å²) in [5.41, 5.74) is -0.110. The average Bonchev–Trinajstić information content (AvgIpc) is 2.43. The van der Waals surface area contributed by atoms with Gasteiger partial charge in [0.2, 0.25) is 0 Å². The molecule has 2 rings (SSSR count). The van der Waals surface area contributed by atoms with Crippen molar-refractivity contribution in [3.8, 4) is 11.3 Å². The number of rotatable bonds is 2. The second-order valence-corrected chi connectivity index (χ2v) is 16.1. The van der Waals surface area contributed by atoms with E-state index >= 15 is 0 Å². The first-order chi connectivity index (χ1) is 11.2. The van der Waals surface area contributed by atoms with E-state index in [1.54, 1.807) is 0 Å². The van der Waals surface area contributed by atoms with Crippen LogP contribution in [0.3, 0.4) is 0 Å². The van der Waals surface area contributed by atoms with Crippen LogP contribution in [0.4, 0.5) is 4.39 Å². The van der Waals surface area contributed by atoms with Gasteiger partial charge in [-0.15, -0.1) is 0 Å². The maximum absolute atomic E-state index is 14.7. The van der Waals surface area contributed by atoms with Gasteiger partial charge < -0.3 is 0 Å². The van der Waals surface area contributed by atoms with Gasteiger partial charge in [0, 0.05) is 0 Å². The summed E-state index contributed by atoms with van der Waals surface area (Å²) in [5, 5.41) is 0. The van der Waals surface area contributed by atoms with E-state index < -0.39 is 38.4 Å². The molecule has 2 aromatic rings. The predicted molar refractivity (Wildman–Crippen MR) is 82.1 cm³/mol. The molecule has 0 amide bonds. The topological polar surface area (TPSA) is 12.9 Å². The number of pyridine rings is 1. The molecule has 0 bridgehead atoms. The first-order valence-electron chi connectivity index (χ1n) is 9.03. The molecule has 0 fully saturated rings. The molecule has 0 saturated heterocycles. The Bertz CT molecular complexity index is 793. The summed E-state index contributed by atoms with van der Waals surface area (Å²) in [6.45, 7) is -4.93. The molecule has 0 saturated carbocycles. The van der Waals surface area contributed by atoms with Crippen LogP contribution in [0.5, 0.6) is 0 Å². The van der Waals surface area contributed by atoms with E-state index in [9.17, 15) is 4.39 Å². The quantitative estimate of drug-likeness (QED) is 0.760. The fourth-order valence-corrected chi connectivity index (χ4v) is 4.72. The Labute approximate surface area is 125 Å². The fraction of sp³-hybridized carbons (Fsp3) is 0.312. The molecule has 0 N–H and O–H groups in total. The fourth-order valence-electron chi connectivity index (χ4n) is 1.93. The molecule has 19 heavy (non-hydrogen) atoms. The Balaban J connectivity index is 2.71. The van der Waals surface area contributed by atoms with Crippen molar-refractivity contribution < 1.29 is 12.6 Å². The van der Waals surface area contributed by atoms with Crippen LogP contribution in [0.25, 0.3) is 11.3 Å². The first kappa shape index (κ1) is 8.20. The van der Waals surface area contributed by atoms with Crippen molar-refractivity contribution in [3.05, 3.63) is 47.4 Å². The number of hydrogen-bond donors (Lipinski definition) is 0. The molecule has 0 atom stereocenters. The van der Waals surface area contributed by atoms with Crippen molar-refractivity contribution in [2.24, 2.45) is 0 Å². The van der Waals surface area contributed by atoms with Gasteiger partial charge >= 0.3 is 125 Å². The van der Waals surface area contributed by atoms with Crippen LogP contribution >= 0.6 is 0 Å². The molecule has 1 heterocycles. The molecule has 0 aliphatic heterocycles. The van der Waals surface area contributed by atoms with Crippen molar-refractivity contribution >= 4 is 17.7 Å². The Hall–Kier alpha value is -1.16. The second-order valence-electron chi connectivity index (χ2n) is 5.53. The molecule has 3 heteroatoms. The molecule has 1 aromatic heterocycles. The minimum atomic E-state index is -2.59. The van der Waals surface area contributed by atoms with Gasteiger partial charge in [-0.05, 0) is 0 Å². The van der Waals surface area contributed by atoms with Crippen LogP contribution in [0.2, 0.25) is 17.3 Å². The van der Waals surface area contributed by atoms with Gasteiger partial charge in [-0.3, -0.25) is 0 Å². The van der Waals surface area contributed by atoms with Crippen molar-refractivity contribution in [2.75, 3.05) is 0 Å². The maximum atomic E-state index is 14.7. The van der Waals surface area contributed by atoms with Gasteiger partial charge in [0.05, 0.1) is 0 Å². The van der Waals surface area contributed by atoms with Crippen LogP contribution in [-0.2, 0) is 0 Å². The summed E-state index contributed by atoms with van der Waals surface area (Å²) in [5.74, 6) is 5.28. The van der Waals surface area contributed by atoms with E-state index in [2.05, 4.69) is 22.3 Å². The van der Waals surface area contributed by atoms with E-state index in [1.165, 1.54) is 30.5 Å². The minimum absolute atomic E-state index is 0.00733. The van der Waals surface area contributed by atoms with Gasteiger partial charge in [-0.25, -0.2) is 0 Å². The molecule has 100 valence electrons. The third-order valence-electron chi connectivity index (χ3n) is 2.99. The molecule has 0 radical (unpaired) electrons. The van der Waals surface area contributed by atoms with Gasteiger partial charge in [-0.1, -0.05) is 0 Å². The normalized spacial score (nSPS) is 17.7. The number of halogens is 1. The van der Waals surface area contributed by atoms with Crippen LogP contribution in [-0.4, -0.2) is 18.3 Å². The number of aromatic nitrogens is 1. The Kier molecular flexibility index (Phi) is 2.19. The van der Waals surface area contributed by atoms with E-state index in [0.29, 0.717) is 0 Å². The zero-order chi connectivity index (χ0) is 19.2. The summed E-state index contributed by atoms with van der Waals surface area (Å²) < 4.78 is 61.1. The molecule has 1 aromatic carbocycles. The van der Waals surface area contributed by atoms with E-state index in [1.807, 2.05) is 0 Å². The van der Waals surface area contributed by atoms with Gasteiger partial charge in [0.15, 0.2) is 0 Å². The Morgan fingerprint density at radius 3 is 2.53 bits per heavy atom. The second kappa shape index (κ2) is 5.08. The van der Waals surface area contributed by atoms with Crippen LogP contribution < -0.4 is 4.40 Å². The molecular weight excluding hydrogens is 298 g/mol. The monoisotopic (exact) mass is 325 g/mol. The number of nitrogens with zero attached hydrogens (tertiary/aromatic N) is 1. The van der Waals surface area contributed by atoms with Crippen molar-refractivity contribution in [1.29, 1.82) is 0 Å². The summed E-state index contributed by atoms with van der Waals surface area (Å²) >= 11 is -2.50. The number of aryl methyl sites for hydroxylation is 2. The zero-order valence-corrected chi connectivity index (χ0v) is 13.3. The zero-order valence-electron chi connectivity index (χ0n) is 17.2. The van der Waals surface area contributed by atoms with Crippen LogP contribution in [0, 0.1) is 19.5 Å². The molecule has 0 aliphatic rings. The number of benzene rings is 1. The van der Waals surface area contributed by atoms with Crippen molar-refractivity contribution in [3.63, 3.8) is 0 Å². The Morgan fingerprint density at radius 1 is 1.16 bits per heavy atom. The van der Waals surface area contributed by atoms with Gasteiger partial charge in [-0.2, -0.15) is 0 Å². The van der Waals surface area contributed by atoms with Crippen molar-refractivity contribution in [1.82, 2.24) is 4.98 Å². The molecular formula is C16H20FGeN. The van der Waals surface area contributed by atoms with Gasteiger partial charge in [0.25, 0.3) is 0 Å². The third kappa shape index (κ3) is 2.89. The predicted octanol–water partition coefficient (Wildman–Crippen LogP) is 4.05. The molecule has 0 unspecified atom stereocenters. The van der Waals surface area contributed by atoms with Crippen LogP contribution in [0.1, 0.15) is 19.4 Å². The first-order valence-corrected chi connectivity index (χ1v) is 13.4. The summed E-state index contributed by atoms with van der Waals surface area (Å²) in [6.07, 6.45) is 1.51. The standard InChI is InChI=1S/C16H20FGeN/c1-11-7-6-8-13(16(11)17)15-9-12(2)14(10-19-15)18(3,4)5/h6-10H,1-5H3/i1D3,2D3. The molecule has 1 nitrogen and oxygen atoms in total. The van der Waals surface area contributed by atoms with E-state index in [0.717, 1.165) is 4.40 Å². The summed E-state index contributed by atoms with van der Waals surface area (Å²) in [7, 11) is 0. The molecule has 0 aliphatic carbocycles. The van der Waals surface area contributed by atoms with Crippen molar-refractivity contribution in [2.45, 2.75) is 31.0 Å². The molecule has 0 spiro atoms. The van der Waals surface area contributed by atoms with E-state index in [4.69, 9.17) is 8.22 Å². The third-order valence-corrected chi connectivity index (χ3v) is 7.21. The SMILES string of the molecule is [2H]C([2H])([2H])c1cc(-c2cccc(C([2H])([2H])[2H])c2F)nc[c]1[Ge]([CH3])([CH3])[CH3]. The van der Waals surface area contributed by atoms with E-state index in [-0.39, 0.29) is 16.8 Å². The number of hydrogen-bond acceptors (Lipinski definition) is 1. The summed E-state index contributed by atoms with van der Waals surface area (Å²) in [6, 6.07) is 5.43.